The van der Waals surface area contributed by atoms with Crippen LogP contribution in [-0.2, 0) is 13.7 Å². The van der Waals surface area contributed by atoms with E-state index in [1.54, 1.807) is 16.7 Å². The van der Waals surface area contributed by atoms with Gasteiger partial charge in [-0.25, -0.2) is 0 Å². The highest BCUT2D eigenvalue weighted by atomic mass is 32.1. The molecule has 7 heteroatoms. The number of aromatic nitrogens is 1. The molecule has 0 fully saturated rings. The van der Waals surface area contributed by atoms with E-state index in [1.165, 1.54) is 25.6 Å². The van der Waals surface area contributed by atoms with Crippen molar-refractivity contribution in [3.63, 3.8) is 0 Å². The van der Waals surface area contributed by atoms with Gasteiger partial charge in [-0.1, -0.05) is 30.3 Å². The van der Waals surface area contributed by atoms with Crippen molar-refractivity contribution in [3.05, 3.63) is 70.0 Å². The van der Waals surface area contributed by atoms with Crippen molar-refractivity contribution in [2.75, 3.05) is 14.2 Å². The number of ether oxygens (including phenoxy) is 3. The molecule has 0 bridgehead atoms. The van der Waals surface area contributed by atoms with Crippen molar-refractivity contribution in [1.82, 2.24) is 4.57 Å². The Hall–Kier alpha value is -3.06. The number of nitrogens with zero attached hydrogens (tertiary/aromatic N) is 2. The van der Waals surface area contributed by atoms with Gasteiger partial charge in [-0.05, 0) is 17.7 Å². The summed E-state index contributed by atoms with van der Waals surface area (Å²) in [7, 11) is 4.88. The molecule has 0 saturated heterocycles. The van der Waals surface area contributed by atoms with Crippen LogP contribution in [0.25, 0.3) is 0 Å². The second-order valence-corrected chi connectivity index (χ2v) is 6.57. The fourth-order valence-electron chi connectivity index (χ4n) is 2.46. The largest absolute Gasteiger partial charge is 0.493 e. The van der Waals surface area contributed by atoms with E-state index in [0.29, 0.717) is 34.2 Å². The molecule has 1 amide bonds. The Morgan fingerprint density at radius 1 is 1.11 bits per heavy atom. The summed E-state index contributed by atoms with van der Waals surface area (Å²) in [5.74, 6) is 0.903. The molecule has 0 atom stereocenters. The molecular weight excluding hydrogens is 364 g/mol. The molecule has 27 heavy (non-hydrogen) atoms. The van der Waals surface area contributed by atoms with Crippen molar-refractivity contribution in [2.24, 2.45) is 12.0 Å². The zero-order chi connectivity index (χ0) is 19.2. The van der Waals surface area contributed by atoms with Gasteiger partial charge in [0, 0.05) is 24.2 Å². The van der Waals surface area contributed by atoms with Gasteiger partial charge in [0.1, 0.15) is 6.61 Å². The van der Waals surface area contributed by atoms with Gasteiger partial charge < -0.3 is 18.8 Å². The lowest BCUT2D eigenvalue weighted by Gasteiger charge is -2.15. The molecule has 0 radical (unpaired) electrons. The van der Waals surface area contributed by atoms with Gasteiger partial charge >= 0.3 is 0 Å². The Morgan fingerprint density at radius 2 is 1.78 bits per heavy atom. The molecule has 140 valence electrons. The van der Waals surface area contributed by atoms with Crippen molar-refractivity contribution < 1.29 is 19.0 Å². The molecule has 6 nitrogen and oxygen atoms in total. The zero-order valence-corrected chi connectivity index (χ0v) is 16.2. The molecule has 0 spiro atoms. The maximum absolute atomic E-state index is 12.6. The van der Waals surface area contributed by atoms with E-state index >= 15 is 0 Å². The van der Waals surface area contributed by atoms with Crippen LogP contribution in [0.4, 0.5) is 0 Å². The summed E-state index contributed by atoms with van der Waals surface area (Å²) in [4.78, 5) is 17.3. The van der Waals surface area contributed by atoms with Crippen molar-refractivity contribution >= 4 is 17.2 Å². The van der Waals surface area contributed by atoms with Crippen LogP contribution < -0.4 is 19.0 Å². The van der Waals surface area contributed by atoms with Crippen LogP contribution in [0.3, 0.4) is 0 Å². The van der Waals surface area contributed by atoms with Gasteiger partial charge in [0.25, 0.3) is 5.91 Å². The van der Waals surface area contributed by atoms with Crippen molar-refractivity contribution in [3.8, 4) is 17.2 Å². The number of carbonyl (C=O) groups is 1. The monoisotopic (exact) mass is 384 g/mol. The van der Waals surface area contributed by atoms with Crippen molar-refractivity contribution in [1.29, 1.82) is 0 Å². The van der Waals surface area contributed by atoms with E-state index in [-0.39, 0.29) is 5.91 Å². The molecule has 2 aromatic carbocycles. The maximum atomic E-state index is 12.6. The summed E-state index contributed by atoms with van der Waals surface area (Å²) >= 11 is 1.39. The highest BCUT2D eigenvalue weighted by molar-refractivity contribution is 7.07. The van der Waals surface area contributed by atoms with E-state index in [0.717, 1.165) is 5.56 Å². The summed E-state index contributed by atoms with van der Waals surface area (Å²) in [6.07, 6.45) is 1.85. The van der Waals surface area contributed by atoms with Crippen molar-refractivity contribution in [2.45, 2.75) is 6.61 Å². The number of thiazole rings is 1. The summed E-state index contributed by atoms with van der Waals surface area (Å²) in [5, 5.41) is 1.87. The number of hydrogen-bond acceptors (Lipinski definition) is 5. The lowest BCUT2D eigenvalue weighted by molar-refractivity contribution is 0.0997. The predicted molar refractivity (Wildman–Crippen MR) is 104 cm³/mol. The fourth-order valence-corrected chi connectivity index (χ4v) is 3.19. The molecule has 0 N–H and O–H groups in total. The van der Waals surface area contributed by atoms with Gasteiger partial charge in [-0.2, -0.15) is 4.99 Å². The predicted octanol–water partition coefficient (Wildman–Crippen LogP) is 3.42. The van der Waals surface area contributed by atoms with E-state index in [9.17, 15) is 4.79 Å². The average Bonchev–Trinajstić information content (AvgIpc) is 3.10. The molecule has 0 saturated carbocycles. The fraction of sp³-hybridized carbons (Fsp3) is 0.200. The summed E-state index contributed by atoms with van der Waals surface area (Å²) < 4.78 is 18.5. The van der Waals surface area contributed by atoms with Crippen LogP contribution in [0.1, 0.15) is 15.9 Å². The van der Waals surface area contributed by atoms with Crippen LogP contribution in [0, 0.1) is 0 Å². The second-order valence-electron chi connectivity index (χ2n) is 5.70. The molecule has 0 unspecified atom stereocenters. The number of aryl methyl sites for hydroxylation is 1. The second kappa shape index (κ2) is 8.55. The SMILES string of the molecule is COc1cc(C(=O)N=c2sccn2C)cc(OC)c1OCc1ccccc1. The molecular formula is C20H20N2O4S. The van der Waals surface area contributed by atoms with E-state index in [2.05, 4.69) is 4.99 Å². The van der Waals surface area contributed by atoms with Crippen LogP contribution in [0.5, 0.6) is 17.2 Å². The molecule has 1 aromatic heterocycles. The third-order valence-electron chi connectivity index (χ3n) is 3.89. The number of hydrogen-bond donors (Lipinski definition) is 0. The standard InChI is InChI=1S/C20H20N2O4S/c1-22-9-10-27-20(22)21-19(23)15-11-16(24-2)18(17(12-15)25-3)26-13-14-7-5-4-6-8-14/h4-12H,13H2,1-3H3. The first-order chi connectivity index (χ1) is 13.1. The Balaban J connectivity index is 1.92. The number of methoxy groups -OCH3 is 2. The number of amides is 1. The average molecular weight is 384 g/mol. The van der Waals surface area contributed by atoms with Gasteiger partial charge in [0.15, 0.2) is 16.3 Å². The van der Waals surface area contributed by atoms with Crippen LogP contribution >= 0.6 is 11.3 Å². The Morgan fingerprint density at radius 3 is 2.33 bits per heavy atom. The van der Waals surface area contributed by atoms with Gasteiger partial charge in [-0.3, -0.25) is 4.79 Å². The number of rotatable bonds is 6. The zero-order valence-electron chi connectivity index (χ0n) is 15.3. The van der Waals surface area contributed by atoms with Crippen LogP contribution in [0.15, 0.2) is 59.0 Å². The van der Waals surface area contributed by atoms with E-state index in [4.69, 9.17) is 14.2 Å². The molecule has 3 aromatic rings. The van der Waals surface area contributed by atoms with Gasteiger partial charge in [0.05, 0.1) is 14.2 Å². The Labute approximate surface area is 161 Å². The van der Waals surface area contributed by atoms with Gasteiger partial charge in [-0.15, -0.1) is 11.3 Å². The minimum absolute atomic E-state index is 0.357. The topological polar surface area (TPSA) is 62.0 Å². The summed E-state index contributed by atoms with van der Waals surface area (Å²) in [5.41, 5.74) is 1.38. The highest BCUT2D eigenvalue weighted by Crippen LogP contribution is 2.39. The quantitative estimate of drug-likeness (QED) is 0.653. The summed E-state index contributed by atoms with van der Waals surface area (Å²) in [6.45, 7) is 0.357. The number of carbonyl (C=O) groups excluding carboxylic acids is 1. The van der Waals surface area contributed by atoms with Crippen LogP contribution in [-0.4, -0.2) is 24.7 Å². The van der Waals surface area contributed by atoms with Gasteiger partial charge in [0.2, 0.25) is 5.75 Å². The minimum Gasteiger partial charge on any atom is -0.493 e. The summed E-state index contributed by atoms with van der Waals surface area (Å²) in [6, 6.07) is 13.0. The normalized spacial score (nSPS) is 11.3. The molecule has 0 aliphatic rings. The first-order valence-electron chi connectivity index (χ1n) is 8.24. The van der Waals surface area contributed by atoms with E-state index in [1.807, 2.05) is 49.0 Å². The molecule has 1 heterocycles. The Bertz CT molecular complexity index is 967. The maximum Gasteiger partial charge on any atom is 0.279 e. The first-order valence-corrected chi connectivity index (χ1v) is 9.12. The number of benzene rings is 2. The molecule has 0 aliphatic carbocycles. The lowest BCUT2D eigenvalue weighted by Crippen LogP contribution is -2.13. The molecule has 0 aliphatic heterocycles. The third kappa shape index (κ3) is 4.38. The first kappa shape index (κ1) is 18.7. The third-order valence-corrected chi connectivity index (χ3v) is 4.74. The minimum atomic E-state index is -0.376. The molecule has 3 rings (SSSR count). The highest BCUT2D eigenvalue weighted by Gasteiger charge is 2.18. The van der Waals surface area contributed by atoms with Crippen LogP contribution in [0.2, 0.25) is 0 Å². The van der Waals surface area contributed by atoms with E-state index < -0.39 is 0 Å². The lowest BCUT2D eigenvalue weighted by atomic mass is 10.1. The smallest absolute Gasteiger partial charge is 0.279 e. The Kier molecular flexibility index (Phi) is 5.93.